The molecule has 0 bridgehead atoms. The van der Waals surface area contributed by atoms with Crippen LogP contribution < -0.4 is 5.73 Å². The highest BCUT2D eigenvalue weighted by Gasteiger charge is 2.22. The predicted octanol–water partition coefficient (Wildman–Crippen LogP) is 2.90. The minimum Gasteiger partial charge on any atom is -0.328 e. The molecular formula is C14H21ClN2. The van der Waals surface area contributed by atoms with Crippen LogP contribution in [0.4, 0.5) is 0 Å². The molecule has 1 saturated heterocycles. The zero-order valence-corrected chi connectivity index (χ0v) is 11.2. The molecule has 0 amide bonds. The summed E-state index contributed by atoms with van der Waals surface area (Å²) in [5.41, 5.74) is 7.33. The van der Waals surface area contributed by atoms with E-state index in [0.29, 0.717) is 12.0 Å². The molecule has 17 heavy (non-hydrogen) atoms. The number of hydrogen-bond acceptors (Lipinski definition) is 2. The average Bonchev–Trinajstić information content (AvgIpc) is 2.32. The molecule has 0 aliphatic carbocycles. The molecule has 1 fully saturated rings. The first kappa shape index (κ1) is 12.9. The first-order valence-electron chi connectivity index (χ1n) is 6.37. The zero-order chi connectivity index (χ0) is 12.3. The van der Waals surface area contributed by atoms with Crippen molar-refractivity contribution in [2.24, 2.45) is 11.7 Å². The predicted molar refractivity (Wildman–Crippen MR) is 73.1 cm³/mol. The summed E-state index contributed by atoms with van der Waals surface area (Å²) in [5, 5.41) is 0.806. The van der Waals surface area contributed by atoms with E-state index in [9.17, 15) is 0 Å². The fraction of sp³-hybridized carbons (Fsp3) is 0.571. The van der Waals surface area contributed by atoms with Crippen LogP contribution in [0.25, 0.3) is 0 Å². The van der Waals surface area contributed by atoms with Crippen molar-refractivity contribution in [3.8, 4) is 0 Å². The molecule has 1 aromatic carbocycles. The largest absolute Gasteiger partial charge is 0.328 e. The fourth-order valence-corrected chi connectivity index (χ4v) is 2.64. The average molecular weight is 253 g/mol. The van der Waals surface area contributed by atoms with Gasteiger partial charge >= 0.3 is 0 Å². The smallest absolute Gasteiger partial charge is 0.0406 e. The van der Waals surface area contributed by atoms with Crippen LogP contribution in [0.3, 0.4) is 0 Å². The van der Waals surface area contributed by atoms with Gasteiger partial charge in [0, 0.05) is 24.2 Å². The second-order valence-corrected chi connectivity index (χ2v) is 5.56. The first-order valence-corrected chi connectivity index (χ1v) is 6.75. The molecule has 1 aliphatic heterocycles. The van der Waals surface area contributed by atoms with Gasteiger partial charge in [0.05, 0.1) is 0 Å². The van der Waals surface area contributed by atoms with Crippen molar-refractivity contribution in [3.05, 3.63) is 34.9 Å². The Hall–Kier alpha value is -0.570. The van der Waals surface area contributed by atoms with Crippen molar-refractivity contribution in [2.75, 3.05) is 13.1 Å². The van der Waals surface area contributed by atoms with Gasteiger partial charge in [0.1, 0.15) is 0 Å². The molecule has 2 unspecified atom stereocenters. The Labute approximate surface area is 109 Å². The molecule has 0 aromatic heterocycles. The van der Waals surface area contributed by atoms with E-state index >= 15 is 0 Å². The third-order valence-electron chi connectivity index (χ3n) is 3.60. The quantitative estimate of drug-likeness (QED) is 0.896. The first-order chi connectivity index (χ1) is 8.15. The Morgan fingerprint density at radius 3 is 2.76 bits per heavy atom. The molecule has 1 aliphatic rings. The third kappa shape index (κ3) is 3.70. The number of likely N-dealkylation sites (tertiary alicyclic amines) is 1. The van der Waals surface area contributed by atoms with Crippen LogP contribution in [0.15, 0.2) is 24.3 Å². The maximum absolute atomic E-state index is 6.00. The lowest BCUT2D eigenvalue weighted by Gasteiger charge is -2.34. The maximum atomic E-state index is 6.00. The summed E-state index contributed by atoms with van der Waals surface area (Å²) in [6.45, 7) is 5.45. The Bertz CT molecular complexity index is 348. The molecule has 2 N–H and O–H groups in total. The van der Waals surface area contributed by atoms with Gasteiger partial charge in [0.15, 0.2) is 0 Å². The molecule has 94 valence electrons. The number of halogens is 1. The molecular weight excluding hydrogens is 232 g/mol. The molecule has 2 nitrogen and oxygen atoms in total. The topological polar surface area (TPSA) is 29.3 Å². The van der Waals surface area contributed by atoms with E-state index in [0.717, 1.165) is 18.1 Å². The summed E-state index contributed by atoms with van der Waals surface area (Å²) >= 11 is 5.89. The van der Waals surface area contributed by atoms with Gasteiger partial charge < -0.3 is 5.73 Å². The van der Waals surface area contributed by atoms with E-state index < -0.39 is 0 Å². The zero-order valence-electron chi connectivity index (χ0n) is 10.4. The van der Waals surface area contributed by atoms with E-state index in [2.05, 4.69) is 24.0 Å². The summed E-state index contributed by atoms with van der Waals surface area (Å²) in [6, 6.07) is 8.45. The van der Waals surface area contributed by atoms with E-state index in [4.69, 9.17) is 17.3 Å². The van der Waals surface area contributed by atoms with Crippen molar-refractivity contribution in [1.29, 1.82) is 0 Å². The van der Waals surface area contributed by atoms with Crippen LogP contribution >= 0.6 is 11.6 Å². The highest BCUT2D eigenvalue weighted by Crippen LogP contribution is 2.21. The Morgan fingerprint density at radius 1 is 1.41 bits per heavy atom. The summed E-state index contributed by atoms with van der Waals surface area (Å²) < 4.78 is 0. The van der Waals surface area contributed by atoms with Gasteiger partial charge in [-0.15, -0.1) is 0 Å². The van der Waals surface area contributed by atoms with Crippen molar-refractivity contribution in [1.82, 2.24) is 4.90 Å². The number of piperidine rings is 1. The standard InChI is InChI=1S/C14H21ClN2/c1-11(16)13-3-2-8-17(10-13)9-12-4-6-14(15)7-5-12/h4-7,11,13H,2-3,8-10,16H2,1H3. The Kier molecular flexibility index (Phi) is 4.43. The van der Waals surface area contributed by atoms with Crippen molar-refractivity contribution >= 4 is 11.6 Å². The second-order valence-electron chi connectivity index (χ2n) is 5.12. The van der Waals surface area contributed by atoms with Crippen molar-refractivity contribution < 1.29 is 0 Å². The highest BCUT2D eigenvalue weighted by atomic mass is 35.5. The minimum absolute atomic E-state index is 0.308. The number of benzene rings is 1. The van der Waals surface area contributed by atoms with Crippen LogP contribution in [0.5, 0.6) is 0 Å². The molecule has 0 spiro atoms. The van der Waals surface area contributed by atoms with Gasteiger partial charge in [-0.25, -0.2) is 0 Å². The second kappa shape index (κ2) is 5.85. The Balaban J connectivity index is 1.92. The van der Waals surface area contributed by atoms with Gasteiger partial charge in [-0.3, -0.25) is 4.90 Å². The number of nitrogens with zero attached hydrogens (tertiary/aromatic N) is 1. The van der Waals surface area contributed by atoms with Crippen LogP contribution in [-0.4, -0.2) is 24.0 Å². The van der Waals surface area contributed by atoms with Crippen molar-refractivity contribution in [2.45, 2.75) is 32.4 Å². The van der Waals surface area contributed by atoms with E-state index in [1.54, 1.807) is 0 Å². The van der Waals surface area contributed by atoms with Crippen LogP contribution in [-0.2, 0) is 6.54 Å². The number of rotatable bonds is 3. The molecule has 2 atom stereocenters. The monoisotopic (exact) mass is 252 g/mol. The van der Waals surface area contributed by atoms with Gasteiger partial charge in [-0.05, 0) is 49.9 Å². The molecule has 2 rings (SSSR count). The van der Waals surface area contributed by atoms with Crippen LogP contribution in [0, 0.1) is 5.92 Å². The van der Waals surface area contributed by atoms with Gasteiger partial charge in [0.25, 0.3) is 0 Å². The number of nitrogens with two attached hydrogens (primary N) is 1. The highest BCUT2D eigenvalue weighted by molar-refractivity contribution is 6.30. The van der Waals surface area contributed by atoms with E-state index in [1.807, 2.05) is 12.1 Å². The van der Waals surface area contributed by atoms with Gasteiger partial charge in [0.2, 0.25) is 0 Å². The van der Waals surface area contributed by atoms with E-state index in [-0.39, 0.29) is 0 Å². The summed E-state index contributed by atoms with van der Waals surface area (Å²) in [6.07, 6.45) is 2.54. The van der Waals surface area contributed by atoms with Crippen LogP contribution in [0.1, 0.15) is 25.3 Å². The lowest BCUT2D eigenvalue weighted by atomic mass is 9.92. The van der Waals surface area contributed by atoms with Crippen LogP contribution in [0.2, 0.25) is 5.02 Å². The lowest BCUT2D eigenvalue weighted by Crippen LogP contribution is -2.41. The minimum atomic E-state index is 0.308. The molecule has 1 heterocycles. The third-order valence-corrected chi connectivity index (χ3v) is 3.86. The molecule has 3 heteroatoms. The summed E-state index contributed by atoms with van der Waals surface area (Å²) in [7, 11) is 0. The summed E-state index contributed by atoms with van der Waals surface area (Å²) in [5.74, 6) is 0.649. The van der Waals surface area contributed by atoms with E-state index in [1.165, 1.54) is 24.9 Å². The SMILES string of the molecule is CC(N)C1CCCN(Cc2ccc(Cl)cc2)C1. The molecule has 0 radical (unpaired) electrons. The van der Waals surface area contributed by atoms with Crippen molar-refractivity contribution in [3.63, 3.8) is 0 Å². The fourth-order valence-electron chi connectivity index (χ4n) is 2.51. The normalized spacial score (nSPS) is 23.6. The lowest BCUT2D eigenvalue weighted by molar-refractivity contribution is 0.154. The number of hydrogen-bond donors (Lipinski definition) is 1. The summed E-state index contributed by atoms with van der Waals surface area (Å²) in [4.78, 5) is 2.50. The Morgan fingerprint density at radius 2 is 2.12 bits per heavy atom. The molecule has 0 saturated carbocycles. The van der Waals surface area contributed by atoms with Gasteiger partial charge in [-0.2, -0.15) is 0 Å². The molecule has 1 aromatic rings. The maximum Gasteiger partial charge on any atom is 0.0406 e. The van der Waals surface area contributed by atoms with Gasteiger partial charge in [-0.1, -0.05) is 23.7 Å².